The zero-order valence-electron chi connectivity index (χ0n) is 12.4. The van der Waals surface area contributed by atoms with Crippen LogP contribution in [0, 0.1) is 11.8 Å². The molecule has 118 valence electrons. The summed E-state index contributed by atoms with van der Waals surface area (Å²) in [4.78, 5) is 0. The lowest BCUT2D eigenvalue weighted by molar-refractivity contribution is -0.274. The molecule has 0 aromatic heterocycles. The van der Waals surface area contributed by atoms with Gasteiger partial charge in [-0.2, -0.15) is 0 Å². The maximum Gasteiger partial charge on any atom is 0.573 e. The maximum atomic E-state index is 12.4. The van der Waals surface area contributed by atoms with E-state index >= 15 is 0 Å². The Morgan fingerprint density at radius 2 is 1.90 bits per heavy atom. The van der Waals surface area contributed by atoms with Crippen LogP contribution in [0.2, 0.25) is 0 Å². The molecule has 5 heteroatoms. The van der Waals surface area contributed by atoms with Crippen LogP contribution in [0.5, 0.6) is 5.75 Å². The van der Waals surface area contributed by atoms with Crippen molar-refractivity contribution in [3.05, 3.63) is 24.3 Å². The molecule has 1 aliphatic rings. The van der Waals surface area contributed by atoms with Crippen molar-refractivity contribution in [3.63, 3.8) is 0 Å². The van der Waals surface area contributed by atoms with Gasteiger partial charge in [0.1, 0.15) is 0 Å². The number of alkyl halides is 3. The monoisotopic (exact) mass is 301 g/mol. The molecule has 1 aliphatic carbocycles. The number of rotatable bonds is 4. The molecule has 1 aromatic carbocycles. The first-order chi connectivity index (χ1) is 9.85. The van der Waals surface area contributed by atoms with Gasteiger partial charge in [0.2, 0.25) is 0 Å². The van der Waals surface area contributed by atoms with Crippen molar-refractivity contribution in [1.82, 2.24) is 0 Å². The molecule has 2 atom stereocenters. The molecule has 0 spiro atoms. The molecule has 0 aliphatic heterocycles. The molecule has 21 heavy (non-hydrogen) atoms. The summed E-state index contributed by atoms with van der Waals surface area (Å²) >= 11 is 0. The van der Waals surface area contributed by atoms with Crippen LogP contribution in [0.25, 0.3) is 0 Å². The molecular formula is C16H22F3NO. The minimum Gasteiger partial charge on any atom is -0.404 e. The van der Waals surface area contributed by atoms with E-state index in [4.69, 9.17) is 0 Å². The second kappa shape index (κ2) is 6.58. The summed E-state index contributed by atoms with van der Waals surface area (Å²) in [5.41, 5.74) is 0.421. The van der Waals surface area contributed by atoms with E-state index in [1.165, 1.54) is 12.5 Å². The summed E-state index contributed by atoms with van der Waals surface area (Å²) < 4.78 is 41.3. The summed E-state index contributed by atoms with van der Waals surface area (Å²) in [6.07, 6.45) is -0.355. The first-order valence-electron chi connectivity index (χ1n) is 7.46. The average molecular weight is 301 g/mol. The van der Waals surface area contributed by atoms with Crippen molar-refractivity contribution in [2.24, 2.45) is 11.8 Å². The van der Waals surface area contributed by atoms with E-state index in [2.05, 4.69) is 23.9 Å². The van der Waals surface area contributed by atoms with Crippen LogP contribution < -0.4 is 10.1 Å². The quantitative estimate of drug-likeness (QED) is 0.824. The Labute approximate surface area is 123 Å². The van der Waals surface area contributed by atoms with Crippen LogP contribution in [-0.2, 0) is 0 Å². The summed E-state index contributed by atoms with van der Waals surface area (Å²) in [6, 6.07) is 6.46. The van der Waals surface area contributed by atoms with Crippen molar-refractivity contribution in [1.29, 1.82) is 0 Å². The molecule has 0 heterocycles. The number of benzene rings is 1. The molecule has 1 aromatic rings. The molecule has 1 saturated carbocycles. The van der Waals surface area contributed by atoms with Gasteiger partial charge < -0.3 is 10.1 Å². The van der Waals surface area contributed by atoms with Gasteiger partial charge in [0.05, 0.1) is 5.69 Å². The zero-order valence-corrected chi connectivity index (χ0v) is 12.4. The molecule has 0 bridgehead atoms. The predicted octanol–water partition coefficient (Wildman–Crippen LogP) is 5.21. The van der Waals surface area contributed by atoms with Crippen molar-refractivity contribution >= 4 is 5.69 Å². The van der Waals surface area contributed by atoms with E-state index in [9.17, 15) is 13.2 Å². The van der Waals surface area contributed by atoms with Crippen LogP contribution in [-0.4, -0.2) is 12.4 Å². The summed E-state index contributed by atoms with van der Waals surface area (Å²) in [5.74, 6) is 1.08. The number of para-hydroxylation sites is 2. The predicted molar refractivity (Wildman–Crippen MR) is 77.3 cm³/mol. The molecule has 2 unspecified atom stereocenters. The van der Waals surface area contributed by atoms with E-state index < -0.39 is 6.36 Å². The van der Waals surface area contributed by atoms with Crippen LogP contribution in [0.3, 0.4) is 0 Å². The van der Waals surface area contributed by atoms with Gasteiger partial charge >= 0.3 is 6.36 Å². The van der Waals surface area contributed by atoms with Gasteiger partial charge in [-0.15, -0.1) is 13.2 Å². The van der Waals surface area contributed by atoms with Crippen molar-refractivity contribution < 1.29 is 17.9 Å². The van der Waals surface area contributed by atoms with Crippen LogP contribution >= 0.6 is 0 Å². The normalized spacial score (nSPS) is 23.1. The number of hydrogen-bond acceptors (Lipinski definition) is 2. The second-order valence-electron chi connectivity index (χ2n) is 6.06. The topological polar surface area (TPSA) is 21.3 Å². The Bertz CT molecular complexity index is 459. The summed E-state index contributed by atoms with van der Waals surface area (Å²) in [6.45, 7) is 4.40. The fourth-order valence-corrected chi connectivity index (χ4v) is 2.98. The number of anilines is 1. The number of hydrogen-bond donors (Lipinski definition) is 1. The van der Waals surface area contributed by atoms with Crippen LogP contribution in [0.4, 0.5) is 18.9 Å². The van der Waals surface area contributed by atoms with Crippen molar-refractivity contribution in [2.45, 2.75) is 51.9 Å². The van der Waals surface area contributed by atoms with E-state index in [1.807, 2.05) is 0 Å². The number of ether oxygens (including phenoxy) is 1. The van der Waals surface area contributed by atoms with E-state index in [-0.39, 0.29) is 11.8 Å². The van der Waals surface area contributed by atoms with Gasteiger partial charge in [-0.1, -0.05) is 38.8 Å². The highest BCUT2D eigenvalue weighted by atomic mass is 19.4. The summed E-state index contributed by atoms with van der Waals surface area (Å²) in [7, 11) is 0. The molecule has 0 saturated heterocycles. The minimum atomic E-state index is -4.66. The Morgan fingerprint density at radius 1 is 1.19 bits per heavy atom. The van der Waals surface area contributed by atoms with Gasteiger partial charge in [0.25, 0.3) is 0 Å². The van der Waals surface area contributed by atoms with E-state index in [1.54, 1.807) is 18.2 Å². The van der Waals surface area contributed by atoms with E-state index in [0.717, 1.165) is 19.3 Å². The maximum absolute atomic E-state index is 12.4. The van der Waals surface area contributed by atoms with Crippen LogP contribution in [0.15, 0.2) is 24.3 Å². The molecule has 0 radical (unpaired) electrons. The van der Waals surface area contributed by atoms with Gasteiger partial charge in [0, 0.05) is 6.04 Å². The highest BCUT2D eigenvalue weighted by Crippen LogP contribution is 2.35. The third-order valence-corrected chi connectivity index (χ3v) is 4.13. The van der Waals surface area contributed by atoms with Crippen molar-refractivity contribution in [2.75, 3.05) is 5.32 Å². The highest BCUT2D eigenvalue weighted by Gasteiger charge is 2.32. The molecule has 2 rings (SSSR count). The Balaban J connectivity index is 2.05. The molecular weight excluding hydrogens is 279 g/mol. The second-order valence-corrected chi connectivity index (χ2v) is 6.06. The Morgan fingerprint density at radius 3 is 2.57 bits per heavy atom. The standard InChI is InChI=1S/C16H22F3NO/c1-11(2)12-6-5-7-13(10-12)20-14-8-3-4-9-15(14)21-16(17,18)19/h3-4,8-9,11-13,20H,5-7,10H2,1-2H3. The smallest absolute Gasteiger partial charge is 0.404 e. The van der Waals surface area contributed by atoms with Gasteiger partial charge in [-0.25, -0.2) is 0 Å². The molecule has 0 amide bonds. The first kappa shape index (κ1) is 16.0. The van der Waals surface area contributed by atoms with Gasteiger partial charge in [-0.05, 0) is 36.8 Å². The lowest BCUT2D eigenvalue weighted by Crippen LogP contribution is -2.30. The van der Waals surface area contributed by atoms with Crippen molar-refractivity contribution in [3.8, 4) is 5.75 Å². The fourth-order valence-electron chi connectivity index (χ4n) is 2.98. The largest absolute Gasteiger partial charge is 0.573 e. The minimum absolute atomic E-state index is 0.156. The Hall–Kier alpha value is -1.39. The Kier molecular flexibility index (Phi) is 5.01. The average Bonchev–Trinajstić information content (AvgIpc) is 2.40. The first-order valence-corrected chi connectivity index (χ1v) is 7.46. The molecule has 1 N–H and O–H groups in total. The van der Waals surface area contributed by atoms with Gasteiger partial charge in [0.15, 0.2) is 5.75 Å². The highest BCUT2D eigenvalue weighted by molar-refractivity contribution is 5.56. The number of halogens is 3. The number of nitrogens with one attached hydrogen (secondary N) is 1. The molecule has 2 nitrogen and oxygen atoms in total. The van der Waals surface area contributed by atoms with Gasteiger partial charge in [-0.3, -0.25) is 0 Å². The SMILES string of the molecule is CC(C)C1CCCC(Nc2ccccc2OC(F)(F)F)C1. The fraction of sp³-hybridized carbons (Fsp3) is 0.625. The lowest BCUT2D eigenvalue weighted by Gasteiger charge is -2.33. The van der Waals surface area contributed by atoms with Crippen LogP contribution in [0.1, 0.15) is 39.5 Å². The summed E-state index contributed by atoms with van der Waals surface area (Å²) in [5, 5.41) is 3.23. The third-order valence-electron chi connectivity index (χ3n) is 4.13. The van der Waals surface area contributed by atoms with E-state index in [0.29, 0.717) is 17.5 Å². The molecule has 1 fully saturated rings. The lowest BCUT2D eigenvalue weighted by atomic mass is 9.79. The zero-order chi connectivity index (χ0) is 15.5. The third kappa shape index (κ3) is 4.83.